The Morgan fingerprint density at radius 2 is 2.11 bits per heavy atom. The van der Waals surface area contributed by atoms with Crippen LogP contribution in [0.1, 0.15) is 29.6 Å². The molecule has 2 aromatic heterocycles. The average Bonchev–Trinajstić information content (AvgIpc) is 3.27. The van der Waals surface area contributed by atoms with Crippen molar-refractivity contribution in [1.82, 2.24) is 35.0 Å². The average molecular weight is 496 g/mol. The van der Waals surface area contributed by atoms with Gasteiger partial charge in [-0.15, -0.1) is 10.2 Å². The number of carbonyl (C=O) groups excluding carboxylic acids is 1. The van der Waals surface area contributed by atoms with Gasteiger partial charge in [-0.25, -0.2) is 4.39 Å². The number of carbonyl (C=O) groups is 1. The Morgan fingerprint density at radius 3 is 2.81 bits per heavy atom. The number of piperazine rings is 1. The molecular formula is C25H30FN7O3. The maximum absolute atomic E-state index is 13.0. The number of halogens is 1. The van der Waals surface area contributed by atoms with E-state index >= 15 is 0 Å². The summed E-state index contributed by atoms with van der Waals surface area (Å²) in [6.45, 7) is 6.33. The molecule has 1 atom stereocenters. The van der Waals surface area contributed by atoms with Crippen molar-refractivity contribution in [1.29, 1.82) is 0 Å². The van der Waals surface area contributed by atoms with Crippen molar-refractivity contribution in [3.8, 4) is 11.5 Å². The molecule has 190 valence electrons. The lowest BCUT2D eigenvalue weighted by molar-refractivity contribution is -0.130. The molecule has 1 fully saturated rings. The zero-order valence-corrected chi connectivity index (χ0v) is 20.4. The molecule has 0 saturated carbocycles. The Hall–Kier alpha value is -3.86. The van der Waals surface area contributed by atoms with E-state index in [0.717, 1.165) is 29.9 Å². The Morgan fingerprint density at radius 1 is 1.25 bits per heavy atom. The fraction of sp³-hybridized carbons (Fsp3) is 0.400. The van der Waals surface area contributed by atoms with Gasteiger partial charge in [0, 0.05) is 38.3 Å². The minimum Gasteiger partial charge on any atom is -0.508 e. The zero-order chi connectivity index (χ0) is 25.5. The van der Waals surface area contributed by atoms with Crippen molar-refractivity contribution in [3.63, 3.8) is 0 Å². The van der Waals surface area contributed by atoms with Gasteiger partial charge in [0.2, 0.25) is 5.91 Å². The molecule has 0 radical (unpaired) electrons. The van der Waals surface area contributed by atoms with Crippen LogP contribution in [0.3, 0.4) is 0 Å². The number of pyridine rings is 1. The molecule has 0 bridgehead atoms. The van der Waals surface area contributed by atoms with E-state index in [2.05, 4.69) is 25.3 Å². The highest BCUT2D eigenvalue weighted by molar-refractivity contribution is 5.92. The molecule has 11 heteroatoms. The van der Waals surface area contributed by atoms with Gasteiger partial charge in [-0.1, -0.05) is 6.07 Å². The van der Waals surface area contributed by atoms with Crippen LogP contribution in [-0.4, -0.2) is 85.0 Å². The van der Waals surface area contributed by atoms with E-state index in [1.54, 1.807) is 49.5 Å². The lowest BCUT2D eigenvalue weighted by atomic mass is 10.1. The molecule has 3 aromatic rings. The van der Waals surface area contributed by atoms with Gasteiger partial charge in [0.1, 0.15) is 24.8 Å². The number of hydrogen-bond acceptors (Lipinski definition) is 8. The molecule has 1 aliphatic rings. The normalized spacial score (nSPS) is 16.5. The number of rotatable bonds is 9. The number of hydrogen-bond donors (Lipinski definition) is 1. The van der Waals surface area contributed by atoms with Gasteiger partial charge in [-0.3, -0.25) is 14.7 Å². The first-order chi connectivity index (χ1) is 17.4. The first-order valence-electron chi connectivity index (χ1n) is 11.8. The number of benzene rings is 1. The molecule has 36 heavy (non-hydrogen) atoms. The van der Waals surface area contributed by atoms with Crippen LogP contribution < -0.4 is 4.74 Å². The second kappa shape index (κ2) is 11.7. The minimum absolute atomic E-state index is 0.0236. The van der Waals surface area contributed by atoms with E-state index < -0.39 is 6.67 Å². The molecule has 4 rings (SSSR count). The Bertz CT molecular complexity index is 1200. The van der Waals surface area contributed by atoms with E-state index in [-0.39, 0.29) is 24.3 Å². The van der Waals surface area contributed by atoms with Gasteiger partial charge < -0.3 is 14.7 Å². The quantitative estimate of drug-likeness (QED) is 0.450. The number of aryl methyl sites for hydroxylation is 1. The standard InChI is InChI=1S/C25H30FN7O3/c1-18-15-31(17-22-5-7-24(14-27-22)36-12-9-26)10-11-32(18)25(35)8-4-20-3-6-23(34)13-21(20)16-33-29-19(2)28-30-33/h3-8,13-14,18,34H,9-12,15-17H2,1-2H3/b8-4+. The fourth-order valence-corrected chi connectivity index (χ4v) is 4.17. The number of nitrogens with zero attached hydrogens (tertiary/aromatic N) is 7. The molecule has 1 saturated heterocycles. The first kappa shape index (κ1) is 25.2. The summed E-state index contributed by atoms with van der Waals surface area (Å²) in [5.41, 5.74) is 2.47. The lowest BCUT2D eigenvalue weighted by Crippen LogP contribution is -2.53. The summed E-state index contributed by atoms with van der Waals surface area (Å²) >= 11 is 0. The zero-order valence-electron chi connectivity index (χ0n) is 20.4. The SMILES string of the molecule is Cc1nnn(Cc2cc(O)ccc2/C=C/C(=O)N2CCN(Cc3ccc(OCCF)cn3)CC2C)n1. The summed E-state index contributed by atoms with van der Waals surface area (Å²) in [5, 5.41) is 22.0. The number of phenols is 1. The number of aromatic nitrogens is 5. The summed E-state index contributed by atoms with van der Waals surface area (Å²) in [5.74, 6) is 1.18. The number of tetrazole rings is 1. The second-order valence-electron chi connectivity index (χ2n) is 8.72. The highest BCUT2D eigenvalue weighted by Gasteiger charge is 2.26. The van der Waals surface area contributed by atoms with Crippen LogP contribution >= 0.6 is 0 Å². The van der Waals surface area contributed by atoms with E-state index in [1.807, 2.05) is 17.9 Å². The van der Waals surface area contributed by atoms with Gasteiger partial charge in [-0.2, -0.15) is 4.80 Å². The predicted molar refractivity (Wildman–Crippen MR) is 131 cm³/mol. The number of ether oxygens (including phenoxy) is 1. The molecule has 10 nitrogen and oxygen atoms in total. The fourth-order valence-electron chi connectivity index (χ4n) is 4.17. The lowest BCUT2D eigenvalue weighted by Gasteiger charge is -2.39. The summed E-state index contributed by atoms with van der Waals surface area (Å²) in [4.78, 5) is 23.0. The van der Waals surface area contributed by atoms with Crippen molar-refractivity contribution in [2.24, 2.45) is 0 Å². The third-order valence-corrected chi connectivity index (χ3v) is 5.92. The molecule has 1 N–H and O–H groups in total. The Labute approximate surface area is 209 Å². The summed E-state index contributed by atoms with van der Waals surface area (Å²) in [6, 6.07) is 8.69. The van der Waals surface area contributed by atoms with Crippen LogP contribution in [0.25, 0.3) is 6.08 Å². The van der Waals surface area contributed by atoms with Crippen molar-refractivity contribution in [2.45, 2.75) is 33.0 Å². The van der Waals surface area contributed by atoms with Crippen molar-refractivity contribution in [2.75, 3.05) is 32.9 Å². The highest BCUT2D eigenvalue weighted by atomic mass is 19.1. The number of amides is 1. The topological polar surface area (TPSA) is 109 Å². The summed E-state index contributed by atoms with van der Waals surface area (Å²) < 4.78 is 17.5. The van der Waals surface area contributed by atoms with Gasteiger partial charge in [0.05, 0.1) is 18.4 Å². The summed E-state index contributed by atoms with van der Waals surface area (Å²) in [6.07, 6.45) is 4.94. The van der Waals surface area contributed by atoms with E-state index in [9.17, 15) is 14.3 Å². The first-order valence-corrected chi connectivity index (χ1v) is 11.8. The van der Waals surface area contributed by atoms with E-state index in [1.165, 1.54) is 4.80 Å². The van der Waals surface area contributed by atoms with Gasteiger partial charge in [-0.05, 0) is 60.5 Å². The Balaban J connectivity index is 1.34. The largest absolute Gasteiger partial charge is 0.508 e. The second-order valence-corrected chi connectivity index (χ2v) is 8.72. The monoisotopic (exact) mass is 495 g/mol. The van der Waals surface area contributed by atoms with Crippen LogP contribution in [0.4, 0.5) is 4.39 Å². The molecule has 3 heterocycles. The van der Waals surface area contributed by atoms with Crippen LogP contribution in [-0.2, 0) is 17.9 Å². The maximum Gasteiger partial charge on any atom is 0.246 e. The third-order valence-electron chi connectivity index (χ3n) is 5.92. The maximum atomic E-state index is 13.0. The van der Waals surface area contributed by atoms with Crippen LogP contribution in [0.2, 0.25) is 0 Å². The smallest absolute Gasteiger partial charge is 0.246 e. The minimum atomic E-state index is -0.534. The van der Waals surface area contributed by atoms with Crippen LogP contribution in [0.15, 0.2) is 42.6 Å². The third kappa shape index (κ3) is 6.63. The molecular weight excluding hydrogens is 465 g/mol. The molecule has 1 unspecified atom stereocenters. The van der Waals surface area contributed by atoms with Gasteiger partial charge in [0.15, 0.2) is 5.82 Å². The van der Waals surface area contributed by atoms with Crippen molar-refractivity contribution >= 4 is 12.0 Å². The Kier molecular flexibility index (Phi) is 8.21. The number of phenolic OH excluding ortho intramolecular Hbond substituents is 1. The number of aromatic hydroxyl groups is 1. The molecule has 1 aliphatic heterocycles. The van der Waals surface area contributed by atoms with Crippen LogP contribution in [0.5, 0.6) is 11.5 Å². The molecule has 0 aliphatic carbocycles. The highest BCUT2D eigenvalue weighted by Crippen LogP contribution is 2.20. The van der Waals surface area contributed by atoms with E-state index in [0.29, 0.717) is 31.2 Å². The van der Waals surface area contributed by atoms with Crippen LogP contribution in [0, 0.1) is 6.92 Å². The molecule has 0 spiro atoms. The summed E-state index contributed by atoms with van der Waals surface area (Å²) in [7, 11) is 0. The predicted octanol–water partition coefficient (Wildman–Crippen LogP) is 2.22. The van der Waals surface area contributed by atoms with E-state index in [4.69, 9.17) is 4.74 Å². The van der Waals surface area contributed by atoms with Gasteiger partial charge >= 0.3 is 0 Å². The van der Waals surface area contributed by atoms with Gasteiger partial charge in [0.25, 0.3) is 0 Å². The molecule has 1 amide bonds. The molecule has 1 aromatic carbocycles. The van der Waals surface area contributed by atoms with Crippen molar-refractivity contribution in [3.05, 3.63) is 65.2 Å². The van der Waals surface area contributed by atoms with Crippen molar-refractivity contribution < 1.29 is 19.0 Å². The number of alkyl halides is 1.